The van der Waals surface area contributed by atoms with Crippen LogP contribution in [0.2, 0.25) is 0 Å². The fraction of sp³-hybridized carbons (Fsp3) is 0.619. The quantitative estimate of drug-likeness (QED) is 0.679. The van der Waals surface area contributed by atoms with Gasteiger partial charge in [0, 0.05) is 31.5 Å². The monoisotopic (exact) mass is 433 g/mol. The number of amides is 1. The molecule has 0 atom stereocenters. The molecule has 2 aromatic rings. The molecule has 1 fully saturated rings. The maximum Gasteiger partial charge on any atom is 0.415 e. The molecule has 31 heavy (non-hydrogen) atoms. The Morgan fingerprint density at radius 1 is 1.10 bits per heavy atom. The Labute approximate surface area is 182 Å². The van der Waals surface area contributed by atoms with E-state index < -0.39 is 23.3 Å². The van der Waals surface area contributed by atoms with Crippen LogP contribution in [0.4, 0.5) is 16.3 Å². The van der Waals surface area contributed by atoms with E-state index in [1.54, 1.807) is 64.5 Å². The highest BCUT2D eigenvalue weighted by molar-refractivity contribution is 5.97. The summed E-state index contributed by atoms with van der Waals surface area (Å²) in [7, 11) is 0. The zero-order valence-corrected chi connectivity index (χ0v) is 19.0. The summed E-state index contributed by atoms with van der Waals surface area (Å²) in [5, 5.41) is 4.60. The van der Waals surface area contributed by atoms with Gasteiger partial charge < -0.3 is 19.1 Å². The van der Waals surface area contributed by atoms with Gasteiger partial charge in [-0.15, -0.1) is 5.10 Å². The van der Waals surface area contributed by atoms with E-state index in [0.717, 1.165) is 0 Å². The van der Waals surface area contributed by atoms with Crippen molar-refractivity contribution < 1.29 is 23.8 Å². The van der Waals surface area contributed by atoms with Gasteiger partial charge in [0.2, 0.25) is 0 Å². The summed E-state index contributed by atoms with van der Waals surface area (Å²) in [6.45, 7) is 12.8. The second-order valence-electron chi connectivity index (χ2n) is 9.34. The van der Waals surface area contributed by atoms with E-state index in [1.807, 2.05) is 0 Å². The number of carbonyl (C=O) groups is 2. The predicted octanol–water partition coefficient (Wildman–Crippen LogP) is 2.65. The first-order valence-electron chi connectivity index (χ1n) is 10.3. The van der Waals surface area contributed by atoms with Crippen molar-refractivity contribution in [2.45, 2.75) is 52.7 Å². The summed E-state index contributed by atoms with van der Waals surface area (Å²) >= 11 is 0. The Kier molecular flexibility index (Phi) is 6.40. The summed E-state index contributed by atoms with van der Waals surface area (Å²) in [6, 6.07) is 1.75. The number of morpholine rings is 1. The summed E-state index contributed by atoms with van der Waals surface area (Å²) in [4.78, 5) is 33.4. The van der Waals surface area contributed by atoms with Gasteiger partial charge in [-0.05, 0) is 41.5 Å². The standard InChI is InChI=1S/C21H31N5O5/c1-20(2,3)30-17(27)14-25(19(28)31-21(4,5)6)15-13-16(24-9-11-29-12-10-24)23-26-8-7-22-18(15)26/h7-8,13H,9-12,14H2,1-6H3. The Hall–Kier alpha value is -2.88. The smallest absolute Gasteiger partial charge is 0.415 e. The van der Waals surface area contributed by atoms with Gasteiger partial charge in [-0.3, -0.25) is 9.69 Å². The number of esters is 1. The van der Waals surface area contributed by atoms with Gasteiger partial charge in [-0.2, -0.15) is 0 Å². The summed E-state index contributed by atoms with van der Waals surface area (Å²) in [6.07, 6.45) is 2.63. The second-order valence-corrected chi connectivity index (χ2v) is 9.34. The Bertz CT molecular complexity index is 938. The minimum absolute atomic E-state index is 0.318. The number of hydrogen-bond donors (Lipinski definition) is 0. The van der Waals surface area contributed by atoms with Gasteiger partial charge >= 0.3 is 12.1 Å². The number of anilines is 2. The Balaban J connectivity index is 2.02. The molecule has 10 heteroatoms. The number of nitrogens with zero attached hydrogens (tertiary/aromatic N) is 5. The lowest BCUT2D eigenvalue weighted by molar-refractivity contribution is -0.153. The topological polar surface area (TPSA) is 98.5 Å². The molecular weight excluding hydrogens is 402 g/mol. The van der Waals surface area contributed by atoms with Crippen molar-refractivity contribution in [2.75, 3.05) is 42.6 Å². The van der Waals surface area contributed by atoms with Gasteiger partial charge in [0.15, 0.2) is 11.5 Å². The van der Waals surface area contributed by atoms with Crippen molar-refractivity contribution in [1.82, 2.24) is 14.6 Å². The highest BCUT2D eigenvalue weighted by Gasteiger charge is 2.30. The molecule has 2 aromatic heterocycles. The van der Waals surface area contributed by atoms with E-state index in [1.165, 1.54) is 4.90 Å². The van der Waals surface area contributed by atoms with Crippen LogP contribution in [-0.2, 0) is 19.0 Å². The van der Waals surface area contributed by atoms with Crippen LogP contribution in [0.15, 0.2) is 18.5 Å². The van der Waals surface area contributed by atoms with E-state index >= 15 is 0 Å². The summed E-state index contributed by atoms with van der Waals surface area (Å²) in [5.74, 6) is 0.106. The van der Waals surface area contributed by atoms with Gasteiger partial charge in [0.25, 0.3) is 0 Å². The molecule has 0 spiro atoms. The van der Waals surface area contributed by atoms with Crippen LogP contribution in [0.3, 0.4) is 0 Å². The third-order valence-corrected chi connectivity index (χ3v) is 4.27. The first kappa shape index (κ1) is 22.8. The molecule has 0 unspecified atom stereocenters. The third kappa shape index (κ3) is 6.06. The molecule has 10 nitrogen and oxygen atoms in total. The predicted molar refractivity (Wildman–Crippen MR) is 115 cm³/mol. The Morgan fingerprint density at radius 3 is 2.35 bits per heavy atom. The van der Waals surface area contributed by atoms with Crippen molar-refractivity contribution in [3.8, 4) is 0 Å². The van der Waals surface area contributed by atoms with Gasteiger partial charge in [-0.25, -0.2) is 14.3 Å². The maximum atomic E-state index is 13.1. The normalized spacial score (nSPS) is 15.1. The molecule has 3 heterocycles. The molecule has 170 valence electrons. The van der Waals surface area contributed by atoms with Crippen molar-refractivity contribution >= 4 is 29.2 Å². The molecule has 1 aliphatic heterocycles. The molecule has 0 radical (unpaired) electrons. The van der Waals surface area contributed by atoms with Crippen LogP contribution in [0, 0.1) is 0 Å². The minimum atomic E-state index is -0.741. The number of fused-ring (bicyclic) bond motifs is 1. The number of ether oxygens (including phenoxy) is 3. The van der Waals surface area contributed by atoms with Crippen LogP contribution in [0.1, 0.15) is 41.5 Å². The lowest BCUT2D eigenvalue weighted by Crippen LogP contribution is -2.42. The van der Waals surface area contributed by atoms with E-state index in [0.29, 0.717) is 43.5 Å². The van der Waals surface area contributed by atoms with Crippen molar-refractivity contribution in [1.29, 1.82) is 0 Å². The molecule has 0 aliphatic carbocycles. The maximum absolute atomic E-state index is 13.1. The molecule has 1 aliphatic rings. The minimum Gasteiger partial charge on any atom is -0.459 e. The zero-order valence-electron chi connectivity index (χ0n) is 19.0. The average molecular weight is 434 g/mol. The van der Waals surface area contributed by atoms with Gasteiger partial charge in [-0.1, -0.05) is 0 Å². The van der Waals surface area contributed by atoms with E-state index in [2.05, 4.69) is 15.0 Å². The molecule has 3 rings (SSSR count). The summed E-state index contributed by atoms with van der Waals surface area (Å²) < 4.78 is 18.1. The van der Waals surface area contributed by atoms with Crippen LogP contribution >= 0.6 is 0 Å². The highest BCUT2D eigenvalue weighted by Crippen LogP contribution is 2.27. The van der Waals surface area contributed by atoms with Crippen molar-refractivity contribution in [2.24, 2.45) is 0 Å². The van der Waals surface area contributed by atoms with Crippen LogP contribution in [0.5, 0.6) is 0 Å². The SMILES string of the molecule is CC(C)(C)OC(=O)CN(C(=O)OC(C)(C)C)c1cc(N2CCOCC2)nn2ccnc12. The third-order valence-electron chi connectivity index (χ3n) is 4.27. The molecule has 0 aromatic carbocycles. The van der Waals surface area contributed by atoms with E-state index in [9.17, 15) is 9.59 Å². The largest absolute Gasteiger partial charge is 0.459 e. The fourth-order valence-corrected chi connectivity index (χ4v) is 3.10. The molecule has 0 saturated carbocycles. The summed E-state index contributed by atoms with van der Waals surface area (Å²) in [5.41, 5.74) is -0.570. The molecule has 0 N–H and O–H groups in total. The molecular formula is C21H31N5O5. The molecule has 0 bridgehead atoms. The van der Waals surface area contributed by atoms with Gasteiger partial charge in [0.05, 0.1) is 18.9 Å². The lowest BCUT2D eigenvalue weighted by Gasteiger charge is -2.30. The van der Waals surface area contributed by atoms with Gasteiger partial charge in [0.1, 0.15) is 17.7 Å². The number of rotatable bonds is 4. The molecule has 1 amide bonds. The Morgan fingerprint density at radius 2 is 1.74 bits per heavy atom. The first-order valence-corrected chi connectivity index (χ1v) is 10.3. The number of aromatic nitrogens is 3. The second kappa shape index (κ2) is 8.70. The number of carbonyl (C=O) groups excluding carboxylic acids is 2. The van der Waals surface area contributed by atoms with Crippen LogP contribution in [0.25, 0.3) is 5.65 Å². The van der Waals surface area contributed by atoms with Crippen molar-refractivity contribution in [3.05, 3.63) is 18.5 Å². The first-order chi connectivity index (χ1) is 14.4. The van der Waals surface area contributed by atoms with Crippen molar-refractivity contribution in [3.63, 3.8) is 0 Å². The number of imidazole rings is 1. The van der Waals surface area contributed by atoms with E-state index in [-0.39, 0.29) is 6.54 Å². The van der Waals surface area contributed by atoms with Crippen LogP contribution in [-0.4, -0.2) is 70.7 Å². The fourth-order valence-electron chi connectivity index (χ4n) is 3.10. The van der Waals surface area contributed by atoms with Crippen LogP contribution < -0.4 is 9.80 Å². The number of hydrogen-bond acceptors (Lipinski definition) is 8. The highest BCUT2D eigenvalue weighted by atomic mass is 16.6. The molecule has 1 saturated heterocycles. The van der Waals surface area contributed by atoms with E-state index in [4.69, 9.17) is 14.2 Å². The lowest BCUT2D eigenvalue weighted by atomic mass is 10.2. The zero-order chi connectivity index (χ0) is 22.8. The average Bonchev–Trinajstić information content (AvgIpc) is 3.12.